The van der Waals surface area contributed by atoms with E-state index in [1.54, 1.807) is 38.1 Å². The summed E-state index contributed by atoms with van der Waals surface area (Å²) in [7, 11) is 0. The molecule has 2 aromatic rings. The molecule has 3 rings (SSSR count). The van der Waals surface area contributed by atoms with Gasteiger partial charge in [0.25, 0.3) is 11.1 Å². The highest BCUT2D eigenvalue weighted by Crippen LogP contribution is 2.34. The quantitative estimate of drug-likeness (QED) is 0.401. The van der Waals surface area contributed by atoms with Crippen LogP contribution in [0.2, 0.25) is 0 Å². The van der Waals surface area contributed by atoms with Crippen LogP contribution in [0.3, 0.4) is 0 Å². The van der Waals surface area contributed by atoms with Gasteiger partial charge in [-0.25, -0.2) is 0 Å². The highest BCUT2D eigenvalue weighted by molar-refractivity contribution is 9.10. The molecule has 8 heteroatoms. The second kappa shape index (κ2) is 9.95. The van der Waals surface area contributed by atoms with Crippen molar-refractivity contribution in [3.8, 4) is 5.75 Å². The van der Waals surface area contributed by atoms with Crippen LogP contribution < -0.4 is 4.74 Å². The molecular formula is C22H20BrNO5S. The van der Waals surface area contributed by atoms with Crippen molar-refractivity contribution < 1.29 is 23.9 Å². The van der Waals surface area contributed by atoms with E-state index in [1.807, 2.05) is 30.3 Å². The van der Waals surface area contributed by atoms with Crippen LogP contribution in [-0.2, 0) is 20.9 Å². The molecule has 6 nitrogen and oxygen atoms in total. The summed E-state index contributed by atoms with van der Waals surface area (Å²) in [6, 6.07) is 15.2. The van der Waals surface area contributed by atoms with Gasteiger partial charge in [-0.3, -0.25) is 19.3 Å². The van der Waals surface area contributed by atoms with Gasteiger partial charge in [0.2, 0.25) is 0 Å². The van der Waals surface area contributed by atoms with Gasteiger partial charge in [-0.2, -0.15) is 0 Å². The molecule has 0 unspecified atom stereocenters. The molecule has 0 radical (unpaired) electrons. The van der Waals surface area contributed by atoms with Crippen molar-refractivity contribution in [1.82, 2.24) is 4.90 Å². The number of carbonyl (C=O) groups is 3. The molecule has 2 amide bonds. The summed E-state index contributed by atoms with van der Waals surface area (Å²) in [6.45, 7) is 3.45. The van der Waals surface area contributed by atoms with E-state index >= 15 is 0 Å². The minimum Gasteiger partial charge on any atom is -0.488 e. The summed E-state index contributed by atoms with van der Waals surface area (Å²) >= 11 is 4.28. The Balaban J connectivity index is 1.67. The fraction of sp³-hybridized carbons (Fsp3) is 0.227. The van der Waals surface area contributed by atoms with Gasteiger partial charge in [0.05, 0.1) is 15.5 Å². The zero-order valence-electron chi connectivity index (χ0n) is 16.5. The Morgan fingerprint density at radius 1 is 1.17 bits per heavy atom. The number of esters is 1. The number of ether oxygens (including phenoxy) is 2. The Kier molecular flexibility index (Phi) is 7.33. The lowest BCUT2D eigenvalue weighted by molar-refractivity contribution is -0.149. The predicted molar refractivity (Wildman–Crippen MR) is 119 cm³/mol. The summed E-state index contributed by atoms with van der Waals surface area (Å²) in [5, 5.41) is -0.492. The van der Waals surface area contributed by atoms with Crippen LogP contribution in [-0.4, -0.2) is 34.7 Å². The minimum absolute atomic E-state index is 0.252. The second-order valence-corrected chi connectivity index (χ2v) is 8.62. The van der Waals surface area contributed by atoms with E-state index in [-0.39, 0.29) is 11.0 Å². The molecule has 156 valence electrons. The van der Waals surface area contributed by atoms with Crippen LogP contribution in [0.4, 0.5) is 4.79 Å². The first kappa shape index (κ1) is 22.1. The van der Waals surface area contributed by atoms with Crippen molar-refractivity contribution in [2.75, 3.05) is 6.54 Å². The molecule has 1 fully saturated rings. The average molecular weight is 490 g/mol. The average Bonchev–Trinajstić information content (AvgIpc) is 2.95. The van der Waals surface area contributed by atoms with E-state index in [1.165, 1.54) is 0 Å². The SMILES string of the molecule is CC(C)OC(=O)CN1C(=O)S/C(=C\c2ccc(OCc3ccccc3)c(Br)c2)C1=O. The summed E-state index contributed by atoms with van der Waals surface area (Å²) < 4.78 is 11.6. The zero-order chi connectivity index (χ0) is 21.7. The molecule has 0 N–H and O–H groups in total. The van der Waals surface area contributed by atoms with Crippen molar-refractivity contribution in [2.24, 2.45) is 0 Å². The Hall–Kier alpha value is -2.58. The molecule has 0 bridgehead atoms. The van der Waals surface area contributed by atoms with Crippen molar-refractivity contribution in [1.29, 1.82) is 0 Å². The van der Waals surface area contributed by atoms with Gasteiger partial charge in [-0.05, 0) is 70.9 Å². The topological polar surface area (TPSA) is 72.9 Å². The highest BCUT2D eigenvalue weighted by atomic mass is 79.9. The van der Waals surface area contributed by atoms with E-state index in [9.17, 15) is 14.4 Å². The van der Waals surface area contributed by atoms with Crippen LogP contribution in [0.25, 0.3) is 6.08 Å². The lowest BCUT2D eigenvalue weighted by Crippen LogP contribution is -2.35. The van der Waals surface area contributed by atoms with Gasteiger partial charge in [0, 0.05) is 0 Å². The van der Waals surface area contributed by atoms with Gasteiger partial charge >= 0.3 is 5.97 Å². The van der Waals surface area contributed by atoms with Crippen LogP contribution >= 0.6 is 27.7 Å². The van der Waals surface area contributed by atoms with Gasteiger partial charge in [0.1, 0.15) is 18.9 Å². The lowest BCUT2D eigenvalue weighted by Gasteiger charge is -2.13. The molecule has 0 saturated carbocycles. The van der Waals surface area contributed by atoms with Crippen LogP contribution in [0.15, 0.2) is 57.9 Å². The van der Waals surface area contributed by atoms with Crippen molar-refractivity contribution in [2.45, 2.75) is 26.6 Å². The number of nitrogens with zero attached hydrogens (tertiary/aromatic N) is 1. The van der Waals surface area contributed by atoms with Crippen molar-refractivity contribution in [3.05, 3.63) is 69.0 Å². The minimum atomic E-state index is -0.615. The highest BCUT2D eigenvalue weighted by Gasteiger charge is 2.36. The molecule has 0 aliphatic carbocycles. The molecule has 1 aliphatic heterocycles. The Labute approximate surface area is 187 Å². The molecular weight excluding hydrogens is 470 g/mol. The number of halogens is 1. The monoisotopic (exact) mass is 489 g/mol. The van der Waals surface area contributed by atoms with Crippen LogP contribution in [0.5, 0.6) is 5.75 Å². The molecule has 0 aromatic heterocycles. The normalized spacial score (nSPS) is 15.2. The number of carbonyl (C=O) groups excluding carboxylic acids is 3. The number of hydrogen-bond acceptors (Lipinski definition) is 6. The number of thioether (sulfide) groups is 1. The fourth-order valence-electron chi connectivity index (χ4n) is 2.68. The smallest absolute Gasteiger partial charge is 0.326 e. The van der Waals surface area contributed by atoms with E-state index in [0.717, 1.165) is 32.3 Å². The Morgan fingerprint density at radius 3 is 2.57 bits per heavy atom. The standard InChI is InChI=1S/C22H20BrNO5S/c1-14(2)29-20(25)12-24-21(26)19(30-22(24)27)11-16-8-9-18(17(23)10-16)28-13-15-6-4-3-5-7-15/h3-11,14H,12-13H2,1-2H3/b19-11-. The third-order valence-electron chi connectivity index (χ3n) is 4.02. The first-order valence-corrected chi connectivity index (χ1v) is 10.9. The van der Waals surface area contributed by atoms with Crippen LogP contribution in [0, 0.1) is 0 Å². The summed E-state index contributed by atoms with van der Waals surface area (Å²) in [4.78, 5) is 37.6. The number of imide groups is 1. The molecule has 0 atom stereocenters. The lowest BCUT2D eigenvalue weighted by atomic mass is 10.2. The van der Waals surface area contributed by atoms with Gasteiger partial charge in [0.15, 0.2) is 0 Å². The maximum atomic E-state index is 12.5. The van der Waals surface area contributed by atoms with Crippen molar-refractivity contribution in [3.63, 3.8) is 0 Å². The molecule has 1 saturated heterocycles. The van der Waals surface area contributed by atoms with E-state index in [4.69, 9.17) is 9.47 Å². The molecule has 1 aliphatic rings. The number of benzene rings is 2. The van der Waals surface area contributed by atoms with Gasteiger partial charge in [-0.1, -0.05) is 36.4 Å². The Morgan fingerprint density at radius 2 is 1.90 bits per heavy atom. The summed E-state index contributed by atoms with van der Waals surface area (Å²) in [5.74, 6) is -0.456. The van der Waals surface area contributed by atoms with Gasteiger partial charge < -0.3 is 9.47 Å². The fourth-order valence-corrected chi connectivity index (χ4v) is 4.03. The molecule has 2 aromatic carbocycles. The zero-order valence-corrected chi connectivity index (χ0v) is 18.9. The first-order valence-electron chi connectivity index (χ1n) is 9.24. The van der Waals surface area contributed by atoms with Crippen molar-refractivity contribution >= 4 is 50.9 Å². The van der Waals surface area contributed by atoms with E-state index in [2.05, 4.69) is 15.9 Å². The Bertz CT molecular complexity index is 990. The molecule has 30 heavy (non-hydrogen) atoms. The maximum absolute atomic E-state index is 12.5. The molecule has 0 spiro atoms. The second-order valence-electron chi connectivity index (χ2n) is 6.77. The predicted octanol–water partition coefficient (Wildman–Crippen LogP) is 5.02. The number of amides is 2. The maximum Gasteiger partial charge on any atom is 0.326 e. The van der Waals surface area contributed by atoms with Crippen LogP contribution in [0.1, 0.15) is 25.0 Å². The number of rotatable bonds is 7. The number of hydrogen-bond donors (Lipinski definition) is 0. The van der Waals surface area contributed by atoms with E-state index < -0.39 is 23.7 Å². The third-order valence-corrected chi connectivity index (χ3v) is 5.55. The van der Waals surface area contributed by atoms with Gasteiger partial charge in [-0.15, -0.1) is 0 Å². The molecule has 1 heterocycles. The third kappa shape index (κ3) is 5.73. The largest absolute Gasteiger partial charge is 0.488 e. The first-order chi connectivity index (χ1) is 14.3. The summed E-state index contributed by atoms with van der Waals surface area (Å²) in [6.07, 6.45) is 1.30. The van der Waals surface area contributed by atoms with E-state index in [0.29, 0.717) is 12.4 Å². The summed E-state index contributed by atoms with van der Waals surface area (Å²) in [5.41, 5.74) is 1.78.